The Hall–Kier alpha value is -4.33. The Kier molecular flexibility index (Phi) is 8.75. The Balaban J connectivity index is 1.28. The molecule has 3 aromatic carbocycles. The van der Waals surface area contributed by atoms with Crippen LogP contribution in [0.4, 0.5) is 0 Å². The first kappa shape index (κ1) is 25.8. The number of para-hydroxylation sites is 1. The lowest BCUT2D eigenvalue weighted by atomic mass is 9.95. The Morgan fingerprint density at radius 3 is 2.35 bits per heavy atom. The molecule has 8 heteroatoms. The molecule has 1 aliphatic rings. The molecule has 0 atom stereocenters. The minimum Gasteiger partial charge on any atom is -0.493 e. The van der Waals surface area contributed by atoms with Crippen molar-refractivity contribution in [3.8, 4) is 17.2 Å². The average molecular weight is 502 g/mol. The van der Waals surface area contributed by atoms with Gasteiger partial charge in [-0.15, -0.1) is 0 Å². The van der Waals surface area contributed by atoms with E-state index in [-0.39, 0.29) is 17.7 Å². The van der Waals surface area contributed by atoms with Crippen molar-refractivity contribution in [3.05, 3.63) is 89.5 Å². The fourth-order valence-electron chi connectivity index (χ4n) is 4.21. The third-order valence-corrected chi connectivity index (χ3v) is 6.32. The van der Waals surface area contributed by atoms with Gasteiger partial charge in [-0.05, 0) is 48.7 Å². The fraction of sp³-hybridized carbons (Fsp3) is 0.276. The van der Waals surface area contributed by atoms with Crippen molar-refractivity contribution >= 4 is 18.0 Å². The van der Waals surface area contributed by atoms with Gasteiger partial charge < -0.3 is 19.1 Å². The van der Waals surface area contributed by atoms with E-state index in [4.69, 9.17) is 14.2 Å². The van der Waals surface area contributed by atoms with E-state index < -0.39 is 0 Å². The summed E-state index contributed by atoms with van der Waals surface area (Å²) in [6.45, 7) is 1.43. The van der Waals surface area contributed by atoms with Gasteiger partial charge in [0, 0.05) is 30.1 Å². The maximum atomic E-state index is 12.9. The number of carbonyl (C=O) groups excluding carboxylic acids is 2. The fourth-order valence-corrected chi connectivity index (χ4v) is 4.21. The number of nitrogens with one attached hydrogen (secondary N) is 1. The summed E-state index contributed by atoms with van der Waals surface area (Å²) in [6, 6.07) is 22.6. The molecule has 0 unspecified atom stereocenters. The Labute approximate surface area is 216 Å². The zero-order valence-electron chi connectivity index (χ0n) is 21.1. The second kappa shape index (κ2) is 12.6. The molecule has 1 heterocycles. The van der Waals surface area contributed by atoms with Gasteiger partial charge in [-0.25, -0.2) is 5.43 Å². The number of nitrogens with zero attached hydrogens (tertiary/aromatic N) is 2. The van der Waals surface area contributed by atoms with Crippen molar-refractivity contribution in [2.75, 3.05) is 27.3 Å². The molecule has 3 aromatic rings. The third-order valence-electron chi connectivity index (χ3n) is 6.32. The number of hydrogen-bond donors (Lipinski definition) is 1. The number of piperidine rings is 1. The summed E-state index contributed by atoms with van der Waals surface area (Å²) >= 11 is 0. The second-order valence-corrected chi connectivity index (χ2v) is 8.68. The summed E-state index contributed by atoms with van der Waals surface area (Å²) in [5.74, 6) is 1.30. The topological polar surface area (TPSA) is 89.5 Å². The molecular formula is C29H31N3O5. The summed E-state index contributed by atoms with van der Waals surface area (Å²) in [5.41, 5.74) is 5.01. The number of hydrogen-bond acceptors (Lipinski definition) is 6. The first-order chi connectivity index (χ1) is 18.1. The Morgan fingerprint density at radius 1 is 0.919 bits per heavy atom. The summed E-state index contributed by atoms with van der Waals surface area (Å²) in [4.78, 5) is 27.4. The molecule has 2 amide bonds. The number of hydrazone groups is 1. The molecule has 0 spiro atoms. The smallest absolute Gasteiger partial charge is 0.253 e. The van der Waals surface area contributed by atoms with Gasteiger partial charge in [0.1, 0.15) is 12.4 Å². The van der Waals surface area contributed by atoms with Crippen molar-refractivity contribution in [1.29, 1.82) is 0 Å². The Bertz CT molecular complexity index is 1240. The summed E-state index contributed by atoms with van der Waals surface area (Å²) in [7, 11) is 3.09. The first-order valence-electron chi connectivity index (χ1n) is 12.2. The molecule has 8 nitrogen and oxygen atoms in total. The predicted molar refractivity (Wildman–Crippen MR) is 141 cm³/mol. The molecule has 0 saturated carbocycles. The molecule has 1 aliphatic heterocycles. The van der Waals surface area contributed by atoms with Crippen LogP contribution < -0.4 is 19.6 Å². The van der Waals surface area contributed by atoms with Gasteiger partial charge >= 0.3 is 0 Å². The molecule has 0 bridgehead atoms. The Morgan fingerprint density at radius 2 is 1.62 bits per heavy atom. The van der Waals surface area contributed by atoms with E-state index in [2.05, 4.69) is 10.5 Å². The molecule has 37 heavy (non-hydrogen) atoms. The van der Waals surface area contributed by atoms with Crippen LogP contribution in [0.1, 0.15) is 34.3 Å². The number of carbonyl (C=O) groups is 2. The summed E-state index contributed by atoms with van der Waals surface area (Å²) < 4.78 is 16.5. The average Bonchev–Trinajstić information content (AvgIpc) is 2.96. The molecule has 1 N–H and O–H groups in total. The van der Waals surface area contributed by atoms with Crippen LogP contribution in [0.2, 0.25) is 0 Å². The molecule has 0 aromatic heterocycles. The monoisotopic (exact) mass is 501 g/mol. The number of benzene rings is 3. The lowest BCUT2D eigenvalue weighted by molar-refractivity contribution is -0.126. The van der Waals surface area contributed by atoms with Crippen molar-refractivity contribution < 1.29 is 23.8 Å². The van der Waals surface area contributed by atoms with E-state index in [1.54, 1.807) is 36.4 Å². The summed E-state index contributed by atoms with van der Waals surface area (Å²) in [5, 5.41) is 4.16. The minimum atomic E-state index is -0.212. The van der Waals surface area contributed by atoms with Crippen LogP contribution in [0.5, 0.6) is 17.2 Å². The van der Waals surface area contributed by atoms with E-state index >= 15 is 0 Å². The molecule has 1 saturated heterocycles. The van der Waals surface area contributed by atoms with Crippen molar-refractivity contribution in [1.82, 2.24) is 10.3 Å². The van der Waals surface area contributed by atoms with Gasteiger partial charge in [0.15, 0.2) is 11.5 Å². The molecule has 192 valence electrons. The first-order valence-corrected chi connectivity index (χ1v) is 12.2. The standard InChI is InChI=1S/C29H31N3O5/c1-35-26-13-12-23(18-27(26)36-2)29(34)32-16-14-22(15-17-32)28(33)31-30-19-24-10-6-7-11-25(24)37-20-21-8-4-3-5-9-21/h3-13,18-19,22H,14-17,20H2,1-2H3,(H,31,33)/b30-19-. The molecule has 4 rings (SSSR count). The van der Waals surface area contributed by atoms with Crippen molar-refractivity contribution in [3.63, 3.8) is 0 Å². The van der Waals surface area contributed by atoms with Crippen LogP contribution in [0, 0.1) is 5.92 Å². The van der Waals surface area contributed by atoms with Crippen molar-refractivity contribution in [2.45, 2.75) is 19.4 Å². The third kappa shape index (κ3) is 6.67. The summed E-state index contributed by atoms with van der Waals surface area (Å²) in [6.07, 6.45) is 2.72. The van der Waals surface area contributed by atoms with Gasteiger partial charge in [0.05, 0.1) is 20.4 Å². The van der Waals surface area contributed by atoms with E-state index in [9.17, 15) is 9.59 Å². The quantitative estimate of drug-likeness (QED) is 0.349. The maximum Gasteiger partial charge on any atom is 0.253 e. The normalized spacial score (nSPS) is 13.8. The number of rotatable bonds is 9. The highest BCUT2D eigenvalue weighted by molar-refractivity contribution is 5.95. The van der Waals surface area contributed by atoms with Crippen LogP contribution in [-0.4, -0.2) is 50.2 Å². The minimum absolute atomic E-state index is 0.0926. The zero-order valence-corrected chi connectivity index (χ0v) is 21.1. The van der Waals surface area contributed by atoms with Gasteiger partial charge in [-0.2, -0.15) is 5.10 Å². The van der Waals surface area contributed by atoms with Gasteiger partial charge in [-0.3, -0.25) is 9.59 Å². The zero-order chi connectivity index (χ0) is 26.0. The highest BCUT2D eigenvalue weighted by Gasteiger charge is 2.28. The van der Waals surface area contributed by atoms with Crippen LogP contribution >= 0.6 is 0 Å². The highest BCUT2D eigenvalue weighted by atomic mass is 16.5. The van der Waals surface area contributed by atoms with E-state index in [1.165, 1.54) is 7.11 Å². The van der Waals surface area contributed by atoms with Crippen LogP contribution in [-0.2, 0) is 11.4 Å². The van der Waals surface area contributed by atoms with Crippen LogP contribution in [0.15, 0.2) is 77.9 Å². The molecule has 1 fully saturated rings. The van der Waals surface area contributed by atoms with Gasteiger partial charge in [0.2, 0.25) is 5.91 Å². The van der Waals surface area contributed by atoms with Gasteiger partial charge in [-0.1, -0.05) is 42.5 Å². The largest absolute Gasteiger partial charge is 0.493 e. The maximum absolute atomic E-state index is 12.9. The highest BCUT2D eigenvalue weighted by Crippen LogP contribution is 2.29. The second-order valence-electron chi connectivity index (χ2n) is 8.68. The molecular weight excluding hydrogens is 470 g/mol. The van der Waals surface area contributed by atoms with Crippen LogP contribution in [0.3, 0.4) is 0 Å². The number of likely N-dealkylation sites (tertiary alicyclic amines) is 1. The van der Waals surface area contributed by atoms with E-state index in [0.29, 0.717) is 55.4 Å². The van der Waals surface area contributed by atoms with Crippen molar-refractivity contribution in [2.24, 2.45) is 11.0 Å². The van der Waals surface area contributed by atoms with E-state index in [1.807, 2.05) is 54.6 Å². The van der Waals surface area contributed by atoms with E-state index in [0.717, 1.165) is 11.1 Å². The molecule has 0 radical (unpaired) electrons. The lowest BCUT2D eigenvalue weighted by Crippen LogP contribution is -2.42. The number of ether oxygens (including phenoxy) is 3. The lowest BCUT2D eigenvalue weighted by Gasteiger charge is -2.31. The molecule has 0 aliphatic carbocycles. The number of amides is 2. The van der Waals surface area contributed by atoms with Gasteiger partial charge in [0.25, 0.3) is 5.91 Å². The van der Waals surface area contributed by atoms with Crippen LogP contribution in [0.25, 0.3) is 0 Å². The number of methoxy groups -OCH3 is 2. The predicted octanol–water partition coefficient (Wildman–Crippen LogP) is 4.29. The SMILES string of the molecule is COc1ccc(C(=O)N2CCC(C(=O)N/N=C\c3ccccc3OCc3ccccc3)CC2)cc1OC.